The van der Waals surface area contributed by atoms with Crippen LogP contribution in [0.4, 0.5) is 14.5 Å². The molecule has 0 radical (unpaired) electrons. The number of hydrogen-bond acceptors (Lipinski definition) is 8. The Hall–Kier alpha value is -4.17. The summed E-state index contributed by atoms with van der Waals surface area (Å²) in [6.45, 7) is -2.15. The Labute approximate surface area is 239 Å². The number of halogens is 3. The Balaban J connectivity index is 1.67. The third-order valence-corrected chi connectivity index (χ3v) is 6.93. The molecule has 1 aliphatic heterocycles. The first-order valence-electron chi connectivity index (χ1n) is 12.7. The molecular formula is C26H30ClF2N9O3. The van der Waals surface area contributed by atoms with Crippen molar-refractivity contribution in [1.82, 2.24) is 29.5 Å². The van der Waals surface area contributed by atoms with E-state index >= 15 is 0 Å². The second kappa shape index (κ2) is 13.0. The average Bonchev–Trinajstić information content (AvgIpc) is 3.31. The largest absolute Gasteiger partial charge is 0.434 e. The van der Waals surface area contributed by atoms with Crippen molar-refractivity contribution in [2.75, 3.05) is 32.5 Å². The topological polar surface area (TPSA) is 155 Å². The van der Waals surface area contributed by atoms with Crippen LogP contribution < -0.4 is 15.8 Å². The number of amides is 2. The average molecular weight is 590 g/mol. The number of hydrogen-bond donors (Lipinski definition) is 3. The van der Waals surface area contributed by atoms with E-state index in [1.807, 2.05) is 14.1 Å². The van der Waals surface area contributed by atoms with Crippen molar-refractivity contribution in [2.45, 2.75) is 38.0 Å². The number of likely N-dealkylation sites (tertiary alicyclic amines) is 1. The third kappa shape index (κ3) is 7.32. The van der Waals surface area contributed by atoms with Crippen molar-refractivity contribution in [3.05, 3.63) is 53.7 Å². The van der Waals surface area contributed by atoms with Gasteiger partial charge in [-0.1, -0.05) is 11.6 Å². The second-order valence-electron chi connectivity index (χ2n) is 9.67. The summed E-state index contributed by atoms with van der Waals surface area (Å²) in [5, 5.41) is 15.2. The Morgan fingerprint density at radius 1 is 1.24 bits per heavy atom. The van der Waals surface area contributed by atoms with E-state index in [-0.39, 0.29) is 46.0 Å². The molecule has 2 aromatic heterocycles. The molecule has 4 N–H and O–H groups in total. The lowest BCUT2D eigenvalue weighted by atomic mass is 10.0. The maximum atomic E-state index is 13.3. The summed E-state index contributed by atoms with van der Waals surface area (Å²) in [5.41, 5.74) is 5.83. The number of alkyl halides is 2. The molecule has 0 bridgehead atoms. The van der Waals surface area contributed by atoms with Crippen molar-refractivity contribution in [3.8, 4) is 17.0 Å². The molecule has 1 fully saturated rings. The summed E-state index contributed by atoms with van der Waals surface area (Å²) in [5.74, 6) is -3.06. The maximum Gasteiger partial charge on any atom is 0.387 e. The zero-order valence-electron chi connectivity index (χ0n) is 22.4. The minimum Gasteiger partial charge on any atom is -0.434 e. The fraction of sp³-hybridized carbons (Fsp3) is 0.385. The molecule has 218 valence electrons. The predicted octanol–water partition coefficient (Wildman–Crippen LogP) is 2.81. The smallest absolute Gasteiger partial charge is 0.387 e. The quantitative estimate of drug-likeness (QED) is 0.241. The predicted molar refractivity (Wildman–Crippen MR) is 148 cm³/mol. The number of rotatable bonds is 10. The van der Waals surface area contributed by atoms with Gasteiger partial charge in [0.1, 0.15) is 29.6 Å². The van der Waals surface area contributed by atoms with Crippen LogP contribution in [-0.4, -0.2) is 87.0 Å². The molecular weight excluding hydrogens is 560 g/mol. The van der Waals surface area contributed by atoms with E-state index in [1.54, 1.807) is 11.0 Å². The monoisotopic (exact) mass is 589 g/mol. The summed E-state index contributed by atoms with van der Waals surface area (Å²) in [7, 11) is 4.01. The second-order valence-corrected chi connectivity index (χ2v) is 10.1. The summed E-state index contributed by atoms with van der Waals surface area (Å²) >= 11 is 6.17. The third-order valence-electron chi connectivity index (χ3n) is 6.69. The Morgan fingerprint density at radius 2 is 1.93 bits per heavy atom. The lowest BCUT2D eigenvalue weighted by molar-refractivity contribution is -0.133. The van der Waals surface area contributed by atoms with Crippen molar-refractivity contribution >= 4 is 34.9 Å². The van der Waals surface area contributed by atoms with Crippen molar-refractivity contribution in [3.63, 3.8) is 0 Å². The molecule has 3 aromatic rings. The normalized spacial score (nSPS) is 14.8. The van der Waals surface area contributed by atoms with Crippen LogP contribution in [0, 0.1) is 5.41 Å². The molecule has 1 saturated heterocycles. The van der Waals surface area contributed by atoms with Crippen LogP contribution in [0.3, 0.4) is 0 Å². The van der Waals surface area contributed by atoms with Crippen molar-refractivity contribution < 1.29 is 23.1 Å². The summed E-state index contributed by atoms with van der Waals surface area (Å²) < 4.78 is 32.4. The SMILES string of the molecule is CN(C)C1CCN(C(=O)Cn2cc(NC(=O)C(C(=N)N)c3ncccn3)c(-c3cc(Cl)ccc3OC(F)F)n2)CC1. The number of amidine groups is 1. The van der Waals surface area contributed by atoms with Crippen LogP contribution in [0.25, 0.3) is 11.3 Å². The molecule has 3 heterocycles. The number of nitrogens with two attached hydrogens (primary N) is 1. The molecule has 41 heavy (non-hydrogen) atoms. The van der Waals surface area contributed by atoms with Crippen LogP contribution in [0.2, 0.25) is 5.02 Å². The highest BCUT2D eigenvalue weighted by molar-refractivity contribution is 6.31. The standard InChI is InChI=1S/C26H30ClF2N9O3/c1-36(2)16-6-10-37(11-7-16)20(39)14-38-13-18(34-25(40)21(23(30)31)24-32-8-3-9-33-24)22(35-38)17-12-15(27)4-5-19(17)41-26(28)29/h3-5,8-9,12-13,16,21,26H,6-7,10-11,14H2,1-2H3,(H3,30,31)(H,34,40). The maximum absolute atomic E-state index is 13.3. The number of nitrogens with zero attached hydrogens (tertiary/aromatic N) is 6. The number of anilines is 1. The van der Waals surface area contributed by atoms with E-state index in [9.17, 15) is 18.4 Å². The highest BCUT2D eigenvalue weighted by atomic mass is 35.5. The van der Waals surface area contributed by atoms with Gasteiger partial charge in [0.15, 0.2) is 5.92 Å². The first-order chi connectivity index (χ1) is 19.5. The highest BCUT2D eigenvalue weighted by Gasteiger charge is 2.30. The number of carbonyl (C=O) groups excluding carboxylic acids is 2. The van der Waals surface area contributed by atoms with E-state index in [2.05, 4.69) is 30.0 Å². The van der Waals surface area contributed by atoms with Crippen LogP contribution in [0.5, 0.6) is 5.75 Å². The van der Waals surface area contributed by atoms with Gasteiger partial charge >= 0.3 is 6.61 Å². The first-order valence-corrected chi connectivity index (χ1v) is 13.1. The molecule has 1 aromatic carbocycles. The molecule has 1 unspecified atom stereocenters. The van der Waals surface area contributed by atoms with E-state index in [0.29, 0.717) is 19.1 Å². The molecule has 1 aliphatic rings. The van der Waals surface area contributed by atoms with Gasteiger partial charge in [-0.25, -0.2) is 9.97 Å². The number of nitrogens with one attached hydrogen (secondary N) is 2. The van der Waals surface area contributed by atoms with Gasteiger partial charge in [0.05, 0.1) is 5.69 Å². The zero-order valence-corrected chi connectivity index (χ0v) is 23.2. The summed E-state index contributed by atoms with van der Waals surface area (Å²) in [4.78, 5) is 38.4. The van der Waals surface area contributed by atoms with Gasteiger partial charge in [0.2, 0.25) is 11.8 Å². The Kier molecular flexibility index (Phi) is 9.45. The Bertz CT molecular complexity index is 1400. The van der Waals surface area contributed by atoms with Crippen molar-refractivity contribution in [2.24, 2.45) is 5.73 Å². The van der Waals surface area contributed by atoms with Gasteiger partial charge in [0.25, 0.3) is 0 Å². The molecule has 2 amide bonds. The van der Waals surface area contributed by atoms with Gasteiger partial charge in [0, 0.05) is 48.3 Å². The van der Waals surface area contributed by atoms with Gasteiger partial charge in [-0.3, -0.25) is 19.7 Å². The number of aromatic nitrogens is 4. The number of ether oxygens (including phenoxy) is 1. The molecule has 0 saturated carbocycles. The van der Waals surface area contributed by atoms with Gasteiger partial charge in [-0.15, -0.1) is 0 Å². The summed E-state index contributed by atoms with van der Waals surface area (Å²) in [6, 6.07) is 5.92. The fourth-order valence-corrected chi connectivity index (χ4v) is 4.78. The van der Waals surface area contributed by atoms with Crippen LogP contribution >= 0.6 is 11.6 Å². The molecule has 0 spiro atoms. The molecule has 1 atom stereocenters. The van der Waals surface area contributed by atoms with E-state index in [1.165, 1.54) is 41.5 Å². The lowest BCUT2D eigenvalue weighted by Crippen LogP contribution is -2.45. The van der Waals surface area contributed by atoms with E-state index in [0.717, 1.165) is 12.8 Å². The van der Waals surface area contributed by atoms with Gasteiger partial charge in [-0.2, -0.15) is 13.9 Å². The number of carbonyl (C=O) groups is 2. The van der Waals surface area contributed by atoms with Crippen LogP contribution in [0.15, 0.2) is 42.9 Å². The first kappa shape index (κ1) is 29.8. The van der Waals surface area contributed by atoms with E-state index < -0.39 is 24.3 Å². The zero-order chi connectivity index (χ0) is 29.7. The van der Waals surface area contributed by atoms with Crippen molar-refractivity contribution in [1.29, 1.82) is 5.41 Å². The van der Waals surface area contributed by atoms with Crippen LogP contribution in [0.1, 0.15) is 24.6 Å². The van der Waals surface area contributed by atoms with Gasteiger partial charge in [-0.05, 0) is 51.2 Å². The Morgan fingerprint density at radius 3 is 2.54 bits per heavy atom. The molecule has 12 nitrogen and oxygen atoms in total. The number of piperidine rings is 1. The minimum absolute atomic E-state index is 0.00720. The van der Waals surface area contributed by atoms with Crippen LogP contribution in [-0.2, 0) is 16.1 Å². The number of benzene rings is 1. The van der Waals surface area contributed by atoms with Gasteiger partial charge < -0.3 is 25.6 Å². The fourth-order valence-electron chi connectivity index (χ4n) is 4.61. The highest BCUT2D eigenvalue weighted by Crippen LogP contribution is 2.37. The molecule has 0 aliphatic carbocycles. The molecule has 15 heteroatoms. The minimum atomic E-state index is -3.14. The lowest BCUT2D eigenvalue weighted by Gasteiger charge is -2.35. The molecule has 4 rings (SSSR count). The summed E-state index contributed by atoms with van der Waals surface area (Å²) in [6.07, 6.45) is 5.86. The van der Waals surface area contributed by atoms with E-state index in [4.69, 9.17) is 22.7 Å².